The fourth-order valence-corrected chi connectivity index (χ4v) is 5.89. The van der Waals surface area contributed by atoms with Crippen LogP contribution in [0.15, 0.2) is 137 Å². The van der Waals surface area contributed by atoms with Crippen molar-refractivity contribution in [2.75, 3.05) is 0 Å². The Kier molecular flexibility index (Phi) is 13.2. The van der Waals surface area contributed by atoms with Gasteiger partial charge in [-0.2, -0.15) is 16.8 Å². The molecule has 4 N–H and O–H groups in total. The number of aromatic carboxylic acids is 2. The number of aromatic amines is 2. The summed E-state index contributed by atoms with van der Waals surface area (Å²) >= 11 is 0. The van der Waals surface area contributed by atoms with Gasteiger partial charge in [-0.15, -0.1) is 20.5 Å². The first-order valence-corrected chi connectivity index (χ1v) is 18.5. The van der Waals surface area contributed by atoms with Gasteiger partial charge < -0.3 is 19.8 Å². The number of carboxylic acids is 2. The van der Waals surface area contributed by atoms with Gasteiger partial charge in [-0.3, -0.25) is 28.9 Å². The van der Waals surface area contributed by atoms with Crippen molar-refractivity contribution in [2.45, 2.75) is 23.6 Å². The maximum absolute atomic E-state index is 12.6. The van der Waals surface area contributed by atoms with Crippen molar-refractivity contribution in [2.24, 2.45) is 20.5 Å². The minimum Gasteiger partial charge on any atom is -0.545 e. The summed E-state index contributed by atoms with van der Waals surface area (Å²) in [6.45, 7) is 3.15. The number of benzene rings is 4. The fourth-order valence-electron chi connectivity index (χ4n) is 4.89. The molecule has 0 spiro atoms. The van der Waals surface area contributed by atoms with Crippen molar-refractivity contribution in [3.8, 4) is 11.4 Å². The van der Waals surface area contributed by atoms with E-state index in [-0.39, 0.29) is 44.4 Å². The normalized spacial score (nSPS) is 11.6. The van der Waals surface area contributed by atoms with Crippen molar-refractivity contribution in [3.63, 3.8) is 0 Å². The van der Waals surface area contributed by atoms with E-state index in [0.29, 0.717) is 22.8 Å². The zero-order valence-electron chi connectivity index (χ0n) is 32.1. The number of hydrogen-bond acceptors (Lipinski definition) is 14. The molecular formula is C34H29CrN8O12S2+. The molecule has 0 saturated carbocycles. The number of H-pyrrole nitrogens is 2. The maximum Gasteiger partial charge on any atom is 1.00 e. The molecule has 0 atom stereocenters. The van der Waals surface area contributed by atoms with Gasteiger partial charge in [0.05, 0.1) is 55.9 Å². The van der Waals surface area contributed by atoms with Crippen LogP contribution in [0.5, 0.6) is 0 Å². The Morgan fingerprint density at radius 3 is 1.23 bits per heavy atom. The van der Waals surface area contributed by atoms with Crippen LogP contribution in [0.4, 0.5) is 22.7 Å². The number of carboxylic acid groups (broad SMARTS) is 2. The van der Waals surface area contributed by atoms with Gasteiger partial charge in [-0.25, -0.2) is 9.36 Å². The van der Waals surface area contributed by atoms with E-state index in [1.165, 1.54) is 9.36 Å². The first-order valence-electron chi connectivity index (χ1n) is 15.6. The van der Waals surface area contributed by atoms with Crippen LogP contribution in [-0.4, -0.2) is 57.4 Å². The molecule has 2 aromatic heterocycles. The Bertz CT molecular complexity index is 2710. The van der Waals surface area contributed by atoms with E-state index < -0.39 is 64.2 Å². The number of aryl methyl sites for hydroxylation is 2. The standard InChI is InChI=1S/2C17H14N4O6S.Cr/c2*1-10-15(16(22)21(20-10)11-5-3-2-4-6-11)19-18-14-9-12(28(25,26)27)7-8-13(14)17(23)24;/h2*2-9,20H,1H3,(H,23,24)(H,25,26,27);/p+1. The first-order chi connectivity index (χ1) is 26.4. The Balaban J connectivity index is 0.000000562. The van der Waals surface area contributed by atoms with Gasteiger partial charge in [0.1, 0.15) is 0 Å². The zero-order valence-corrected chi connectivity index (χ0v) is 32.0. The van der Waals surface area contributed by atoms with Crippen LogP contribution < -0.4 is 21.3 Å². The van der Waals surface area contributed by atoms with Crippen molar-refractivity contribution in [1.29, 1.82) is 0 Å². The molecule has 0 radical (unpaired) electrons. The molecule has 294 valence electrons. The minimum absolute atomic E-state index is 0. The van der Waals surface area contributed by atoms with E-state index >= 15 is 0 Å². The van der Waals surface area contributed by atoms with Crippen molar-refractivity contribution < 1.29 is 67.4 Å². The fraction of sp³-hybridized carbons (Fsp3) is 0.0588. The molecule has 0 fully saturated rings. The number of para-hydroxylation sites is 2. The molecule has 0 aliphatic rings. The van der Waals surface area contributed by atoms with Gasteiger partial charge in [-0.1, -0.05) is 36.4 Å². The van der Waals surface area contributed by atoms with E-state index in [4.69, 9.17) is 9.11 Å². The Hall–Kier alpha value is -6.61. The van der Waals surface area contributed by atoms with Gasteiger partial charge >= 0.3 is 4.28 Å². The van der Waals surface area contributed by atoms with Crippen LogP contribution in [0.3, 0.4) is 0 Å². The van der Waals surface area contributed by atoms with Crippen LogP contribution in [0.25, 0.3) is 11.4 Å². The van der Waals surface area contributed by atoms with Gasteiger partial charge in [-0.05, 0) is 74.5 Å². The molecular weight excluding hydrogens is 829 g/mol. The monoisotopic (exact) mass is 857 g/mol. The van der Waals surface area contributed by atoms with Gasteiger partial charge in [0, 0.05) is 28.5 Å². The SMILES string of the molecule is Cc1[nH]n(-c2ccccc2)c(=O)c1N=Nc1cc(S(=O)(=O)O)ccc1C(=O)[O-].Cc1[nH]n(-c2ccccc2)c(=O)c1N=Nc1cc(S(=O)(=O)O)ccc1C(=O)[O-].[Cr].[H+].[H+].[H+]. The number of nitrogens with zero attached hydrogens (tertiary/aromatic N) is 6. The Morgan fingerprint density at radius 2 is 0.930 bits per heavy atom. The van der Waals surface area contributed by atoms with Crippen molar-refractivity contribution >= 4 is 54.9 Å². The molecule has 6 rings (SSSR count). The van der Waals surface area contributed by atoms with E-state index in [0.717, 1.165) is 36.4 Å². The average molecular weight is 858 g/mol. The molecule has 0 bridgehead atoms. The van der Waals surface area contributed by atoms with Gasteiger partial charge in [0.15, 0.2) is 11.4 Å². The van der Waals surface area contributed by atoms with E-state index in [2.05, 4.69) is 30.7 Å². The third-order valence-electron chi connectivity index (χ3n) is 7.60. The first kappa shape index (κ1) is 43.1. The number of carbonyl (C=O) groups is 2. The van der Waals surface area contributed by atoms with Crippen molar-refractivity contribution in [3.05, 3.63) is 140 Å². The molecule has 0 amide bonds. The predicted molar refractivity (Wildman–Crippen MR) is 195 cm³/mol. The number of rotatable bonds is 10. The van der Waals surface area contributed by atoms with Crippen LogP contribution in [0.1, 0.15) is 36.4 Å². The maximum atomic E-state index is 12.6. The summed E-state index contributed by atoms with van der Waals surface area (Å²) in [5.41, 5.74) is -1.10. The quantitative estimate of drug-likeness (QED) is 0.114. The summed E-state index contributed by atoms with van der Waals surface area (Å²) in [4.78, 5) is 46.4. The smallest absolute Gasteiger partial charge is 0.545 e. The Labute approximate surface area is 336 Å². The second-order valence-corrected chi connectivity index (χ2v) is 14.2. The predicted octanol–water partition coefficient (Wildman–Crippen LogP) is 3.33. The molecule has 0 unspecified atom stereocenters. The van der Waals surface area contributed by atoms with Crippen LogP contribution in [-0.2, 0) is 37.6 Å². The third kappa shape index (κ3) is 9.99. The summed E-state index contributed by atoms with van der Waals surface area (Å²) in [6.07, 6.45) is 0. The molecule has 0 aliphatic heterocycles. The summed E-state index contributed by atoms with van der Waals surface area (Å²) in [7, 11) is -9.17. The third-order valence-corrected chi connectivity index (χ3v) is 9.30. The minimum atomic E-state index is -4.59. The summed E-state index contributed by atoms with van der Waals surface area (Å²) in [5.74, 6) is -3.24. The molecule has 0 saturated heterocycles. The van der Waals surface area contributed by atoms with E-state index in [1.54, 1.807) is 74.5 Å². The number of carbonyl (C=O) groups excluding carboxylic acids is 2. The number of aromatic nitrogens is 4. The number of hydrogen-bond donors (Lipinski definition) is 4. The Morgan fingerprint density at radius 1 is 0.596 bits per heavy atom. The second kappa shape index (κ2) is 17.5. The topological polar surface area (TPSA) is 314 Å². The zero-order chi connectivity index (χ0) is 40.9. The molecule has 4 aromatic carbocycles. The molecule has 57 heavy (non-hydrogen) atoms. The summed E-state index contributed by atoms with van der Waals surface area (Å²) in [5, 5.41) is 43.0. The molecule has 0 aliphatic carbocycles. The number of nitrogens with one attached hydrogen (secondary N) is 2. The van der Waals surface area contributed by atoms with E-state index in [1.807, 2.05) is 0 Å². The molecule has 6 aromatic rings. The van der Waals surface area contributed by atoms with Crippen LogP contribution >= 0.6 is 0 Å². The molecule has 2 heterocycles. The largest absolute Gasteiger partial charge is 1.00 e. The van der Waals surface area contributed by atoms with Crippen LogP contribution in [0, 0.1) is 13.8 Å². The second-order valence-electron chi connectivity index (χ2n) is 11.4. The average Bonchev–Trinajstić information content (AvgIpc) is 3.61. The molecule has 20 nitrogen and oxygen atoms in total. The molecule has 23 heteroatoms. The summed E-state index contributed by atoms with van der Waals surface area (Å²) in [6, 6.07) is 22.6. The van der Waals surface area contributed by atoms with Gasteiger partial charge in [0.2, 0.25) is 0 Å². The van der Waals surface area contributed by atoms with Crippen molar-refractivity contribution in [1.82, 2.24) is 19.6 Å². The summed E-state index contributed by atoms with van der Waals surface area (Å²) < 4.78 is 65.8. The van der Waals surface area contributed by atoms with Crippen LogP contribution in [0.2, 0.25) is 0 Å². The number of azo groups is 2. The van der Waals surface area contributed by atoms with Gasteiger partial charge in [0.25, 0.3) is 31.4 Å². The van der Waals surface area contributed by atoms with E-state index in [9.17, 15) is 46.2 Å².